The Morgan fingerprint density at radius 1 is 1.16 bits per heavy atom. The van der Waals surface area contributed by atoms with E-state index < -0.39 is 23.1 Å². The molecule has 0 fully saturated rings. The van der Waals surface area contributed by atoms with Crippen LogP contribution in [-0.2, 0) is 0 Å². The van der Waals surface area contributed by atoms with Gasteiger partial charge in [-0.05, 0) is 30.7 Å². The lowest BCUT2D eigenvalue weighted by atomic mass is 10.2. The van der Waals surface area contributed by atoms with E-state index in [-0.39, 0.29) is 30.1 Å². The summed E-state index contributed by atoms with van der Waals surface area (Å²) in [6.45, 7) is 0.494. The highest BCUT2D eigenvalue weighted by Gasteiger charge is 2.13. The molecular formula is C15H16N4O6. The van der Waals surface area contributed by atoms with Gasteiger partial charge in [0.1, 0.15) is 17.1 Å². The lowest BCUT2D eigenvalue weighted by molar-refractivity contribution is 0.0696. The highest BCUT2D eigenvalue weighted by atomic mass is 16.5. The van der Waals surface area contributed by atoms with E-state index in [1.807, 2.05) is 4.98 Å². The number of nitrogens with one attached hydrogen (secondary N) is 3. The number of hydrogen-bond acceptors (Lipinski definition) is 6. The van der Waals surface area contributed by atoms with Crippen molar-refractivity contribution in [3.05, 3.63) is 56.4 Å². The van der Waals surface area contributed by atoms with Crippen molar-refractivity contribution in [1.82, 2.24) is 15.3 Å². The van der Waals surface area contributed by atoms with Gasteiger partial charge in [0.2, 0.25) is 0 Å². The predicted molar refractivity (Wildman–Crippen MR) is 87.9 cm³/mol. The number of benzene rings is 1. The van der Waals surface area contributed by atoms with Crippen LogP contribution in [0.4, 0.5) is 5.69 Å². The summed E-state index contributed by atoms with van der Waals surface area (Å²) in [6, 6.07) is 5.91. The number of hydrogen-bond donors (Lipinski definition) is 5. The molecule has 1 heterocycles. The quantitative estimate of drug-likeness (QED) is 0.422. The van der Waals surface area contributed by atoms with Gasteiger partial charge in [-0.3, -0.25) is 14.6 Å². The van der Waals surface area contributed by atoms with Crippen LogP contribution in [0.25, 0.3) is 0 Å². The van der Waals surface area contributed by atoms with Crippen LogP contribution in [0, 0.1) is 0 Å². The smallest absolute Gasteiger partial charge is 0.335 e. The van der Waals surface area contributed by atoms with E-state index in [0.29, 0.717) is 12.2 Å². The van der Waals surface area contributed by atoms with Crippen molar-refractivity contribution in [3.63, 3.8) is 0 Å². The zero-order chi connectivity index (χ0) is 18.4. The molecule has 0 atom stereocenters. The Morgan fingerprint density at radius 2 is 1.84 bits per heavy atom. The Balaban J connectivity index is 1.79. The van der Waals surface area contributed by atoms with Gasteiger partial charge >= 0.3 is 11.7 Å². The normalized spacial score (nSPS) is 10.2. The first-order valence-corrected chi connectivity index (χ1v) is 7.25. The number of amides is 1. The van der Waals surface area contributed by atoms with Crippen molar-refractivity contribution in [2.24, 2.45) is 0 Å². The van der Waals surface area contributed by atoms with Crippen molar-refractivity contribution in [1.29, 1.82) is 0 Å². The van der Waals surface area contributed by atoms with Crippen LogP contribution < -0.4 is 27.0 Å². The van der Waals surface area contributed by atoms with Gasteiger partial charge in [0.15, 0.2) is 0 Å². The molecule has 0 aliphatic rings. The van der Waals surface area contributed by atoms with Crippen LogP contribution in [0.1, 0.15) is 27.3 Å². The molecule has 0 saturated heterocycles. The van der Waals surface area contributed by atoms with Gasteiger partial charge in [-0.1, -0.05) is 0 Å². The summed E-state index contributed by atoms with van der Waals surface area (Å²) in [5, 5.41) is 11.3. The fraction of sp³-hybridized carbons (Fsp3) is 0.200. The van der Waals surface area contributed by atoms with Gasteiger partial charge in [0, 0.05) is 6.54 Å². The van der Waals surface area contributed by atoms with Gasteiger partial charge in [-0.2, -0.15) is 0 Å². The molecule has 1 aromatic heterocycles. The van der Waals surface area contributed by atoms with Crippen molar-refractivity contribution < 1.29 is 19.4 Å². The van der Waals surface area contributed by atoms with Crippen LogP contribution >= 0.6 is 0 Å². The number of carboxylic acids is 1. The average molecular weight is 348 g/mol. The Labute approximate surface area is 140 Å². The second-order valence-corrected chi connectivity index (χ2v) is 4.98. The molecule has 0 unspecified atom stereocenters. The minimum Gasteiger partial charge on any atom is -0.494 e. The molecular weight excluding hydrogens is 332 g/mol. The first kappa shape index (κ1) is 17.8. The van der Waals surface area contributed by atoms with Gasteiger partial charge in [0.05, 0.1) is 12.2 Å². The first-order chi connectivity index (χ1) is 11.9. The number of nitrogens with two attached hydrogens (primary N) is 1. The van der Waals surface area contributed by atoms with Gasteiger partial charge in [0.25, 0.3) is 11.5 Å². The monoisotopic (exact) mass is 348 g/mol. The van der Waals surface area contributed by atoms with E-state index in [1.54, 1.807) is 0 Å². The van der Waals surface area contributed by atoms with Gasteiger partial charge in [-0.25, -0.2) is 9.59 Å². The molecule has 2 aromatic rings. The maximum Gasteiger partial charge on any atom is 0.335 e. The third-order valence-corrected chi connectivity index (χ3v) is 3.18. The molecule has 0 aliphatic heterocycles. The molecule has 1 amide bonds. The van der Waals surface area contributed by atoms with Crippen LogP contribution in [-0.4, -0.2) is 40.1 Å². The minimum absolute atomic E-state index is 0.157. The number of aromatic amines is 2. The summed E-state index contributed by atoms with van der Waals surface area (Å²) < 4.78 is 5.41. The van der Waals surface area contributed by atoms with Crippen LogP contribution in [0.3, 0.4) is 0 Å². The highest BCUT2D eigenvalue weighted by Crippen LogP contribution is 2.12. The summed E-state index contributed by atoms with van der Waals surface area (Å²) >= 11 is 0. The standard InChI is InChI=1S/C15H16N4O6/c16-10-11(18-15(24)19-12(10)20)13(21)17-6-1-7-25-9-4-2-8(3-5-9)14(22)23/h2-5H,1,6-7,16H2,(H,17,21)(H,22,23)(H2,18,19,20,24). The number of ether oxygens (including phenoxy) is 1. The Hall–Kier alpha value is -3.56. The maximum absolute atomic E-state index is 11.9. The molecule has 0 spiro atoms. The van der Waals surface area contributed by atoms with Crippen LogP contribution in [0.2, 0.25) is 0 Å². The second kappa shape index (κ2) is 7.81. The SMILES string of the molecule is Nc1c(C(=O)NCCCOc2ccc(C(=O)O)cc2)[nH]c(=O)[nH]c1=O. The van der Waals surface area contributed by atoms with E-state index in [0.717, 1.165) is 0 Å². The van der Waals surface area contributed by atoms with Gasteiger partial charge < -0.3 is 25.9 Å². The molecule has 6 N–H and O–H groups in total. The largest absolute Gasteiger partial charge is 0.494 e. The number of nitrogen functional groups attached to an aromatic ring is 1. The highest BCUT2D eigenvalue weighted by molar-refractivity contribution is 5.96. The number of anilines is 1. The number of carboxylic acid groups (broad SMARTS) is 1. The zero-order valence-corrected chi connectivity index (χ0v) is 13.0. The number of rotatable bonds is 7. The Morgan fingerprint density at radius 3 is 2.48 bits per heavy atom. The molecule has 10 heteroatoms. The molecule has 1 aromatic carbocycles. The van der Waals surface area contributed by atoms with Crippen molar-refractivity contribution >= 4 is 17.6 Å². The molecule has 0 aliphatic carbocycles. The fourth-order valence-electron chi connectivity index (χ4n) is 1.92. The Kier molecular flexibility index (Phi) is 5.56. The predicted octanol–water partition coefficient (Wildman–Crippen LogP) is -0.458. The summed E-state index contributed by atoms with van der Waals surface area (Å²) in [4.78, 5) is 49.2. The zero-order valence-electron chi connectivity index (χ0n) is 13.0. The first-order valence-electron chi connectivity index (χ1n) is 7.25. The lowest BCUT2D eigenvalue weighted by Crippen LogP contribution is -2.34. The molecule has 25 heavy (non-hydrogen) atoms. The maximum atomic E-state index is 11.9. The fourth-order valence-corrected chi connectivity index (χ4v) is 1.92. The van der Waals surface area contributed by atoms with Crippen LogP contribution in [0.5, 0.6) is 5.75 Å². The molecule has 0 saturated carbocycles. The van der Waals surface area contributed by atoms with Gasteiger partial charge in [-0.15, -0.1) is 0 Å². The second-order valence-electron chi connectivity index (χ2n) is 4.98. The average Bonchev–Trinajstić information content (AvgIpc) is 2.58. The van der Waals surface area contributed by atoms with Crippen molar-refractivity contribution in [2.45, 2.75) is 6.42 Å². The molecule has 0 radical (unpaired) electrons. The molecule has 132 valence electrons. The third kappa shape index (κ3) is 4.70. The van der Waals surface area contributed by atoms with Crippen molar-refractivity contribution in [3.8, 4) is 5.75 Å². The van der Waals surface area contributed by atoms with E-state index >= 15 is 0 Å². The van der Waals surface area contributed by atoms with E-state index in [4.69, 9.17) is 15.6 Å². The number of H-pyrrole nitrogens is 2. The summed E-state index contributed by atoms with van der Waals surface area (Å²) in [6.07, 6.45) is 0.444. The topological polar surface area (TPSA) is 167 Å². The van der Waals surface area contributed by atoms with E-state index in [1.165, 1.54) is 24.3 Å². The van der Waals surface area contributed by atoms with Crippen LogP contribution in [0.15, 0.2) is 33.9 Å². The van der Waals surface area contributed by atoms with Crippen molar-refractivity contribution in [2.75, 3.05) is 18.9 Å². The summed E-state index contributed by atoms with van der Waals surface area (Å²) in [5.74, 6) is -1.20. The number of carbonyl (C=O) groups excluding carboxylic acids is 1. The third-order valence-electron chi connectivity index (χ3n) is 3.18. The lowest BCUT2D eigenvalue weighted by Gasteiger charge is -2.08. The summed E-state index contributed by atoms with van der Waals surface area (Å²) in [5.41, 5.74) is 3.29. The van der Waals surface area contributed by atoms with E-state index in [9.17, 15) is 19.2 Å². The van der Waals surface area contributed by atoms with E-state index in [2.05, 4.69) is 10.3 Å². The summed E-state index contributed by atoms with van der Waals surface area (Å²) in [7, 11) is 0. The molecule has 0 bridgehead atoms. The number of aromatic nitrogens is 2. The number of aromatic carboxylic acids is 1. The minimum atomic E-state index is -1.02. The number of carbonyl (C=O) groups is 2. The Bertz CT molecular complexity index is 884. The molecule has 2 rings (SSSR count). The molecule has 10 nitrogen and oxygen atoms in total.